The number of amides is 2. The maximum Gasteiger partial charge on any atom is 0.255 e. The SMILES string of the molecule is NC(=O)C1CCN(Cc2cc(C(=O)Nc3ccc4scnc4c3)ccc2-c2ccccc2)CC1. The molecule has 5 rings (SSSR count). The van der Waals surface area contributed by atoms with E-state index >= 15 is 0 Å². The minimum absolute atomic E-state index is 0.0444. The maximum absolute atomic E-state index is 13.1. The molecule has 1 fully saturated rings. The number of benzene rings is 3. The molecule has 1 aliphatic rings. The summed E-state index contributed by atoms with van der Waals surface area (Å²) >= 11 is 1.58. The first kappa shape index (κ1) is 22.3. The molecule has 172 valence electrons. The molecule has 4 aromatic rings. The molecule has 0 atom stereocenters. The molecule has 0 saturated carbocycles. The van der Waals surface area contributed by atoms with Gasteiger partial charge in [-0.05, 0) is 73.0 Å². The van der Waals surface area contributed by atoms with E-state index < -0.39 is 0 Å². The molecule has 1 aliphatic heterocycles. The molecule has 0 unspecified atom stereocenters. The normalized spacial score (nSPS) is 14.8. The predicted octanol–water partition coefficient (Wildman–Crippen LogP) is 4.91. The van der Waals surface area contributed by atoms with Crippen LogP contribution >= 0.6 is 11.3 Å². The van der Waals surface area contributed by atoms with E-state index in [-0.39, 0.29) is 17.7 Å². The van der Waals surface area contributed by atoms with Crippen molar-refractivity contribution in [1.82, 2.24) is 9.88 Å². The fourth-order valence-corrected chi connectivity index (χ4v) is 5.18. The third-order valence-electron chi connectivity index (χ3n) is 6.42. The van der Waals surface area contributed by atoms with Gasteiger partial charge in [0.1, 0.15) is 0 Å². The molecule has 2 amide bonds. The van der Waals surface area contributed by atoms with E-state index in [1.54, 1.807) is 16.8 Å². The molecule has 34 heavy (non-hydrogen) atoms. The number of fused-ring (bicyclic) bond motifs is 1. The molecule has 1 saturated heterocycles. The van der Waals surface area contributed by atoms with Gasteiger partial charge in [-0.2, -0.15) is 0 Å². The minimum atomic E-state index is -0.209. The lowest BCUT2D eigenvalue weighted by Crippen LogP contribution is -2.38. The van der Waals surface area contributed by atoms with Crippen molar-refractivity contribution < 1.29 is 9.59 Å². The Morgan fingerprint density at radius 3 is 2.59 bits per heavy atom. The Balaban J connectivity index is 1.39. The average Bonchev–Trinajstić information content (AvgIpc) is 3.33. The Kier molecular flexibility index (Phi) is 6.38. The van der Waals surface area contributed by atoms with Crippen LogP contribution in [0.1, 0.15) is 28.8 Å². The molecular weight excluding hydrogens is 444 g/mol. The van der Waals surface area contributed by atoms with Crippen LogP contribution in [0.5, 0.6) is 0 Å². The first-order valence-corrected chi connectivity index (χ1v) is 12.3. The van der Waals surface area contributed by atoms with Crippen molar-refractivity contribution in [2.75, 3.05) is 18.4 Å². The van der Waals surface area contributed by atoms with Gasteiger partial charge in [0.05, 0.1) is 15.7 Å². The van der Waals surface area contributed by atoms with Gasteiger partial charge in [-0.3, -0.25) is 14.5 Å². The minimum Gasteiger partial charge on any atom is -0.369 e. The van der Waals surface area contributed by atoms with Crippen LogP contribution in [-0.4, -0.2) is 34.8 Å². The van der Waals surface area contributed by atoms with Crippen molar-refractivity contribution in [3.63, 3.8) is 0 Å². The number of primary amides is 1. The highest BCUT2D eigenvalue weighted by molar-refractivity contribution is 7.16. The number of anilines is 1. The number of aromatic nitrogens is 1. The number of nitrogens with one attached hydrogen (secondary N) is 1. The zero-order valence-electron chi connectivity index (χ0n) is 18.7. The van der Waals surface area contributed by atoms with E-state index in [1.807, 2.05) is 54.6 Å². The summed E-state index contributed by atoms with van der Waals surface area (Å²) in [4.78, 5) is 31.3. The summed E-state index contributed by atoms with van der Waals surface area (Å²) in [5.41, 5.74) is 12.8. The monoisotopic (exact) mass is 470 g/mol. The second-order valence-electron chi connectivity index (χ2n) is 8.68. The molecule has 1 aromatic heterocycles. The van der Waals surface area contributed by atoms with Crippen LogP contribution in [0.15, 0.2) is 72.2 Å². The second-order valence-corrected chi connectivity index (χ2v) is 9.57. The third-order valence-corrected chi connectivity index (χ3v) is 7.23. The van der Waals surface area contributed by atoms with Crippen molar-refractivity contribution >= 4 is 39.1 Å². The highest BCUT2D eigenvalue weighted by atomic mass is 32.1. The summed E-state index contributed by atoms with van der Waals surface area (Å²) in [7, 11) is 0. The summed E-state index contributed by atoms with van der Waals surface area (Å²) in [5, 5.41) is 3.01. The van der Waals surface area contributed by atoms with Gasteiger partial charge in [0.15, 0.2) is 0 Å². The zero-order chi connectivity index (χ0) is 23.5. The lowest BCUT2D eigenvalue weighted by molar-refractivity contribution is -0.123. The number of thiazole rings is 1. The quantitative estimate of drug-likeness (QED) is 0.419. The summed E-state index contributed by atoms with van der Waals surface area (Å²) in [6, 6.07) is 21.9. The molecule has 2 heterocycles. The topological polar surface area (TPSA) is 88.3 Å². The molecule has 3 aromatic carbocycles. The fourth-order valence-electron chi connectivity index (χ4n) is 4.52. The van der Waals surface area contributed by atoms with Crippen molar-refractivity contribution in [3.05, 3.63) is 83.4 Å². The van der Waals surface area contributed by atoms with E-state index in [0.29, 0.717) is 12.1 Å². The average molecular weight is 471 g/mol. The Hall–Kier alpha value is -3.55. The summed E-state index contributed by atoms with van der Waals surface area (Å²) in [5.74, 6) is -0.404. The Bertz CT molecular complexity index is 1330. The first-order valence-electron chi connectivity index (χ1n) is 11.4. The van der Waals surface area contributed by atoms with E-state index in [9.17, 15) is 9.59 Å². The number of hydrogen-bond donors (Lipinski definition) is 2. The highest BCUT2D eigenvalue weighted by Gasteiger charge is 2.24. The van der Waals surface area contributed by atoms with Gasteiger partial charge in [-0.15, -0.1) is 11.3 Å². The first-order chi connectivity index (χ1) is 16.6. The molecular formula is C27H26N4O2S. The number of piperidine rings is 1. The van der Waals surface area contributed by atoms with Crippen LogP contribution in [0.3, 0.4) is 0 Å². The number of carbonyl (C=O) groups is 2. The molecule has 6 nitrogen and oxygen atoms in total. The third kappa shape index (κ3) is 4.85. The summed E-state index contributed by atoms with van der Waals surface area (Å²) in [6.07, 6.45) is 1.55. The summed E-state index contributed by atoms with van der Waals surface area (Å²) in [6.45, 7) is 2.33. The lowest BCUT2D eigenvalue weighted by Gasteiger charge is -2.31. The van der Waals surface area contributed by atoms with Crippen LogP contribution < -0.4 is 11.1 Å². The van der Waals surface area contributed by atoms with Crippen molar-refractivity contribution in [1.29, 1.82) is 0 Å². The standard InChI is InChI=1S/C27H26N4O2S/c28-26(32)19-10-12-31(13-11-19)16-21-14-20(6-8-23(21)18-4-2-1-3-5-18)27(33)30-22-7-9-25-24(15-22)29-17-34-25/h1-9,14-15,17,19H,10-13,16H2,(H2,28,32)(H,30,33). The largest absolute Gasteiger partial charge is 0.369 e. The Morgan fingerprint density at radius 2 is 1.82 bits per heavy atom. The molecule has 0 radical (unpaired) electrons. The van der Waals surface area contributed by atoms with Crippen LogP contribution in [-0.2, 0) is 11.3 Å². The van der Waals surface area contributed by atoms with E-state index in [4.69, 9.17) is 5.73 Å². The second kappa shape index (κ2) is 9.75. The number of rotatable bonds is 6. The molecule has 0 spiro atoms. The van der Waals surface area contributed by atoms with E-state index in [2.05, 4.69) is 27.3 Å². The predicted molar refractivity (Wildman–Crippen MR) is 137 cm³/mol. The van der Waals surface area contributed by atoms with Crippen LogP contribution in [0.25, 0.3) is 21.3 Å². The maximum atomic E-state index is 13.1. The van der Waals surface area contributed by atoms with Gasteiger partial charge < -0.3 is 11.1 Å². The van der Waals surface area contributed by atoms with Gasteiger partial charge in [0, 0.05) is 23.7 Å². The van der Waals surface area contributed by atoms with Gasteiger partial charge in [0.25, 0.3) is 5.91 Å². The molecule has 3 N–H and O–H groups in total. The number of nitrogens with two attached hydrogens (primary N) is 1. The highest BCUT2D eigenvalue weighted by Crippen LogP contribution is 2.28. The summed E-state index contributed by atoms with van der Waals surface area (Å²) < 4.78 is 1.09. The number of likely N-dealkylation sites (tertiary alicyclic amines) is 1. The lowest BCUT2D eigenvalue weighted by atomic mass is 9.94. The number of hydrogen-bond acceptors (Lipinski definition) is 5. The van der Waals surface area contributed by atoms with Gasteiger partial charge >= 0.3 is 0 Å². The van der Waals surface area contributed by atoms with E-state index in [1.165, 1.54) is 0 Å². The van der Waals surface area contributed by atoms with Crippen LogP contribution in [0.2, 0.25) is 0 Å². The smallest absolute Gasteiger partial charge is 0.255 e. The Morgan fingerprint density at radius 1 is 1.03 bits per heavy atom. The van der Waals surface area contributed by atoms with Crippen LogP contribution in [0.4, 0.5) is 5.69 Å². The van der Waals surface area contributed by atoms with Gasteiger partial charge in [0.2, 0.25) is 5.91 Å². The van der Waals surface area contributed by atoms with Crippen molar-refractivity contribution in [2.45, 2.75) is 19.4 Å². The molecule has 7 heteroatoms. The molecule has 0 aliphatic carbocycles. The van der Waals surface area contributed by atoms with Crippen molar-refractivity contribution in [3.8, 4) is 11.1 Å². The fraction of sp³-hybridized carbons (Fsp3) is 0.222. The Labute approximate surface area is 202 Å². The van der Waals surface area contributed by atoms with Gasteiger partial charge in [-0.1, -0.05) is 36.4 Å². The van der Waals surface area contributed by atoms with E-state index in [0.717, 1.165) is 58.5 Å². The number of carbonyl (C=O) groups excluding carboxylic acids is 2. The molecule has 0 bridgehead atoms. The van der Waals surface area contributed by atoms with Gasteiger partial charge in [-0.25, -0.2) is 4.98 Å². The zero-order valence-corrected chi connectivity index (χ0v) is 19.6. The van der Waals surface area contributed by atoms with Crippen molar-refractivity contribution in [2.24, 2.45) is 11.7 Å². The van der Waals surface area contributed by atoms with Crippen LogP contribution in [0, 0.1) is 5.92 Å². The number of nitrogens with zero attached hydrogens (tertiary/aromatic N) is 2.